The fourth-order valence-electron chi connectivity index (χ4n) is 2.06. The third-order valence-electron chi connectivity index (χ3n) is 3.01. The van der Waals surface area contributed by atoms with Crippen LogP contribution in [0.1, 0.15) is 17.7 Å². The maximum Gasteiger partial charge on any atom is 0.136 e. The maximum atomic E-state index is 4.39. The standard InChI is InChI=1S/C10H14N4/c1-4-14(5-1)10-8-6-11-3-2-9(8)12-7-13-10/h7,11H,1-6H2. The first-order valence-electron chi connectivity index (χ1n) is 5.23. The highest BCUT2D eigenvalue weighted by Crippen LogP contribution is 2.25. The predicted octanol–water partition coefficient (Wildman–Crippen LogP) is 0.332. The van der Waals surface area contributed by atoms with Gasteiger partial charge in [-0.15, -0.1) is 0 Å². The predicted molar refractivity (Wildman–Crippen MR) is 54.3 cm³/mol. The molecule has 2 aliphatic rings. The Kier molecular flexibility index (Phi) is 1.87. The minimum absolute atomic E-state index is 0.933. The second-order valence-electron chi connectivity index (χ2n) is 3.89. The summed E-state index contributed by atoms with van der Waals surface area (Å²) in [5, 5.41) is 3.38. The van der Waals surface area contributed by atoms with Gasteiger partial charge in [-0.2, -0.15) is 0 Å². The summed E-state index contributed by atoms with van der Waals surface area (Å²) in [6.45, 7) is 4.29. The Hall–Kier alpha value is -1.16. The summed E-state index contributed by atoms with van der Waals surface area (Å²) in [5.74, 6) is 1.16. The second kappa shape index (κ2) is 3.20. The van der Waals surface area contributed by atoms with Crippen molar-refractivity contribution in [2.45, 2.75) is 19.4 Å². The average molecular weight is 190 g/mol. The molecule has 4 heteroatoms. The van der Waals surface area contributed by atoms with Crippen molar-refractivity contribution < 1.29 is 0 Å². The molecule has 0 atom stereocenters. The lowest BCUT2D eigenvalue weighted by atomic mass is 10.1. The highest BCUT2D eigenvalue weighted by Gasteiger charge is 2.22. The van der Waals surface area contributed by atoms with Crippen molar-refractivity contribution in [3.8, 4) is 0 Å². The van der Waals surface area contributed by atoms with Crippen molar-refractivity contribution in [2.24, 2.45) is 0 Å². The van der Waals surface area contributed by atoms with E-state index in [1.165, 1.54) is 17.7 Å². The van der Waals surface area contributed by atoms with Gasteiger partial charge in [0.25, 0.3) is 0 Å². The number of fused-ring (bicyclic) bond motifs is 1. The van der Waals surface area contributed by atoms with E-state index in [9.17, 15) is 0 Å². The van der Waals surface area contributed by atoms with E-state index >= 15 is 0 Å². The van der Waals surface area contributed by atoms with Crippen LogP contribution in [-0.4, -0.2) is 29.6 Å². The molecule has 0 radical (unpaired) electrons. The van der Waals surface area contributed by atoms with E-state index < -0.39 is 0 Å². The molecule has 4 nitrogen and oxygen atoms in total. The molecular weight excluding hydrogens is 176 g/mol. The molecule has 1 aromatic heterocycles. The van der Waals surface area contributed by atoms with Gasteiger partial charge in [-0.05, 0) is 6.42 Å². The van der Waals surface area contributed by atoms with Crippen LogP contribution in [0.25, 0.3) is 0 Å². The fourth-order valence-corrected chi connectivity index (χ4v) is 2.06. The van der Waals surface area contributed by atoms with Crippen LogP contribution in [0, 0.1) is 0 Å². The van der Waals surface area contributed by atoms with Gasteiger partial charge in [-0.25, -0.2) is 9.97 Å². The zero-order valence-corrected chi connectivity index (χ0v) is 8.16. The molecule has 1 N–H and O–H groups in total. The minimum Gasteiger partial charge on any atom is -0.356 e. The second-order valence-corrected chi connectivity index (χ2v) is 3.89. The average Bonchev–Trinajstić information content (AvgIpc) is 2.16. The Morgan fingerprint density at radius 3 is 3.00 bits per heavy atom. The van der Waals surface area contributed by atoms with E-state index in [4.69, 9.17) is 0 Å². The van der Waals surface area contributed by atoms with Crippen molar-refractivity contribution in [1.82, 2.24) is 15.3 Å². The highest BCUT2D eigenvalue weighted by atomic mass is 15.2. The molecule has 0 amide bonds. The number of rotatable bonds is 1. The van der Waals surface area contributed by atoms with Gasteiger partial charge in [0.2, 0.25) is 0 Å². The summed E-state index contributed by atoms with van der Waals surface area (Å²) < 4.78 is 0. The molecule has 0 saturated carbocycles. The summed E-state index contributed by atoms with van der Waals surface area (Å²) in [6.07, 6.45) is 4.04. The Labute approximate surface area is 83.4 Å². The van der Waals surface area contributed by atoms with Crippen molar-refractivity contribution >= 4 is 5.82 Å². The topological polar surface area (TPSA) is 41.1 Å². The van der Waals surface area contributed by atoms with Gasteiger partial charge < -0.3 is 10.2 Å². The summed E-state index contributed by atoms with van der Waals surface area (Å²) in [6, 6.07) is 0. The van der Waals surface area contributed by atoms with E-state index in [2.05, 4.69) is 20.2 Å². The number of anilines is 1. The maximum absolute atomic E-state index is 4.39. The number of nitrogens with zero attached hydrogens (tertiary/aromatic N) is 3. The molecule has 0 aliphatic carbocycles. The Morgan fingerprint density at radius 2 is 2.21 bits per heavy atom. The Bertz CT molecular complexity index is 346. The molecule has 3 rings (SSSR count). The van der Waals surface area contributed by atoms with Crippen LogP contribution >= 0.6 is 0 Å². The summed E-state index contributed by atoms with van der Waals surface area (Å²) >= 11 is 0. The molecule has 1 fully saturated rings. The van der Waals surface area contributed by atoms with Crippen molar-refractivity contribution in [3.63, 3.8) is 0 Å². The van der Waals surface area contributed by atoms with Crippen LogP contribution in [0.2, 0.25) is 0 Å². The largest absolute Gasteiger partial charge is 0.356 e. The summed E-state index contributed by atoms with van der Waals surface area (Å²) in [7, 11) is 0. The molecule has 14 heavy (non-hydrogen) atoms. The molecular formula is C10H14N4. The molecule has 74 valence electrons. The number of aromatic nitrogens is 2. The fraction of sp³-hybridized carbons (Fsp3) is 0.600. The lowest BCUT2D eigenvalue weighted by molar-refractivity contribution is 0.581. The van der Waals surface area contributed by atoms with Crippen LogP contribution < -0.4 is 10.2 Å². The summed E-state index contributed by atoms with van der Waals surface area (Å²) in [4.78, 5) is 11.1. The van der Waals surface area contributed by atoms with Crippen LogP contribution in [0.4, 0.5) is 5.82 Å². The SMILES string of the molecule is c1nc2c(c(N3CCC3)n1)CNCC2. The summed E-state index contributed by atoms with van der Waals surface area (Å²) in [5.41, 5.74) is 2.55. The smallest absolute Gasteiger partial charge is 0.136 e. The zero-order chi connectivity index (χ0) is 9.38. The lowest BCUT2D eigenvalue weighted by Gasteiger charge is -2.34. The molecule has 0 spiro atoms. The molecule has 0 bridgehead atoms. The van der Waals surface area contributed by atoms with Crippen molar-refractivity contribution in [3.05, 3.63) is 17.6 Å². The quantitative estimate of drug-likeness (QED) is 0.693. The highest BCUT2D eigenvalue weighted by molar-refractivity contribution is 5.50. The van der Waals surface area contributed by atoms with Gasteiger partial charge in [0.1, 0.15) is 12.1 Å². The first kappa shape index (κ1) is 8.17. The van der Waals surface area contributed by atoms with Gasteiger partial charge in [0.15, 0.2) is 0 Å². The first-order chi connectivity index (χ1) is 6.95. The molecule has 1 aromatic rings. The molecule has 0 aromatic carbocycles. The first-order valence-corrected chi connectivity index (χ1v) is 5.23. The van der Waals surface area contributed by atoms with E-state index in [-0.39, 0.29) is 0 Å². The van der Waals surface area contributed by atoms with E-state index in [1.54, 1.807) is 6.33 Å². The third kappa shape index (κ3) is 1.18. The molecule has 1 saturated heterocycles. The Balaban J connectivity index is 2.01. The third-order valence-corrected chi connectivity index (χ3v) is 3.01. The number of hydrogen-bond donors (Lipinski definition) is 1. The van der Waals surface area contributed by atoms with Gasteiger partial charge in [-0.1, -0.05) is 0 Å². The van der Waals surface area contributed by atoms with Crippen LogP contribution in [0.15, 0.2) is 6.33 Å². The number of nitrogens with one attached hydrogen (secondary N) is 1. The normalized spacial score (nSPS) is 20.1. The van der Waals surface area contributed by atoms with Crippen LogP contribution in [-0.2, 0) is 13.0 Å². The minimum atomic E-state index is 0.933. The lowest BCUT2D eigenvalue weighted by Crippen LogP contribution is -2.39. The van der Waals surface area contributed by atoms with Crippen molar-refractivity contribution in [2.75, 3.05) is 24.5 Å². The molecule has 3 heterocycles. The van der Waals surface area contributed by atoms with Crippen LogP contribution in [0.3, 0.4) is 0 Å². The number of hydrogen-bond acceptors (Lipinski definition) is 4. The van der Waals surface area contributed by atoms with Gasteiger partial charge in [0, 0.05) is 38.2 Å². The van der Waals surface area contributed by atoms with Gasteiger partial charge in [0.05, 0.1) is 5.69 Å². The van der Waals surface area contributed by atoms with E-state index in [1.807, 2.05) is 0 Å². The van der Waals surface area contributed by atoms with Gasteiger partial charge >= 0.3 is 0 Å². The zero-order valence-electron chi connectivity index (χ0n) is 8.16. The molecule has 2 aliphatic heterocycles. The van der Waals surface area contributed by atoms with Crippen molar-refractivity contribution in [1.29, 1.82) is 0 Å². The monoisotopic (exact) mass is 190 g/mol. The van der Waals surface area contributed by atoms with E-state index in [0.717, 1.165) is 38.4 Å². The Morgan fingerprint density at radius 1 is 1.29 bits per heavy atom. The van der Waals surface area contributed by atoms with E-state index in [0.29, 0.717) is 0 Å². The molecule has 0 unspecified atom stereocenters. The van der Waals surface area contributed by atoms with Crippen LogP contribution in [0.5, 0.6) is 0 Å². The van der Waals surface area contributed by atoms with Gasteiger partial charge in [-0.3, -0.25) is 0 Å².